The first kappa shape index (κ1) is 21.8. The van der Waals surface area contributed by atoms with Crippen LogP contribution in [0.15, 0.2) is 94.5 Å². The van der Waals surface area contributed by atoms with Crippen LogP contribution >= 0.6 is 11.3 Å². The third-order valence-corrected chi connectivity index (χ3v) is 6.65. The topological polar surface area (TPSA) is 60.7 Å². The van der Waals surface area contributed by atoms with E-state index in [1.54, 1.807) is 4.40 Å². The predicted molar refractivity (Wildman–Crippen MR) is 136 cm³/mol. The number of nitrogens with zero attached hydrogens (tertiary/aromatic N) is 2. The van der Waals surface area contributed by atoms with Gasteiger partial charge < -0.3 is 4.74 Å². The highest BCUT2D eigenvalue weighted by Gasteiger charge is 2.14. The average molecular weight is 467 g/mol. The van der Waals surface area contributed by atoms with Crippen molar-refractivity contribution in [3.8, 4) is 5.75 Å². The van der Waals surface area contributed by atoms with Gasteiger partial charge in [-0.1, -0.05) is 84.1 Å². The summed E-state index contributed by atoms with van der Waals surface area (Å²) in [6, 6.07) is 27.3. The van der Waals surface area contributed by atoms with Crippen molar-refractivity contribution in [1.82, 2.24) is 9.38 Å². The van der Waals surface area contributed by atoms with Gasteiger partial charge in [0.2, 0.25) is 4.96 Å². The van der Waals surface area contributed by atoms with Crippen molar-refractivity contribution in [3.63, 3.8) is 0 Å². The summed E-state index contributed by atoms with van der Waals surface area (Å²) in [7, 11) is 0. The Morgan fingerprint density at radius 3 is 2.21 bits per heavy atom. The van der Waals surface area contributed by atoms with Crippen LogP contribution in [-0.2, 0) is 13.0 Å². The molecule has 0 aliphatic rings. The van der Waals surface area contributed by atoms with E-state index < -0.39 is 0 Å². The van der Waals surface area contributed by atoms with Crippen LogP contribution < -0.4 is 20.4 Å². The minimum atomic E-state index is -0.283. The zero-order chi connectivity index (χ0) is 23.5. The molecule has 0 saturated heterocycles. The van der Waals surface area contributed by atoms with Crippen molar-refractivity contribution >= 4 is 22.4 Å². The SMILES string of the molecule is Cc1c(Cc2ccccc2)c(=O)nc2sc(=Cc3ccc(OCc4ccccc4)cc3)c(=O)n12. The second kappa shape index (κ2) is 9.45. The molecule has 0 unspecified atom stereocenters. The van der Waals surface area contributed by atoms with Gasteiger partial charge in [-0.25, -0.2) is 0 Å². The fourth-order valence-corrected chi connectivity index (χ4v) is 4.85. The number of hydrogen-bond acceptors (Lipinski definition) is 5. The Kier molecular flexibility index (Phi) is 6.06. The Hall–Kier alpha value is -4.03. The van der Waals surface area contributed by atoms with Gasteiger partial charge in [0.05, 0.1) is 4.53 Å². The Morgan fingerprint density at radius 1 is 0.882 bits per heavy atom. The first-order valence-corrected chi connectivity index (χ1v) is 11.8. The number of ether oxygens (including phenoxy) is 1. The maximum atomic E-state index is 13.2. The van der Waals surface area contributed by atoms with E-state index in [1.165, 1.54) is 11.3 Å². The summed E-state index contributed by atoms with van der Waals surface area (Å²) in [5, 5.41) is 0. The van der Waals surface area contributed by atoms with E-state index >= 15 is 0 Å². The molecule has 0 spiro atoms. The minimum absolute atomic E-state index is 0.163. The van der Waals surface area contributed by atoms with Gasteiger partial charge >= 0.3 is 0 Å². The summed E-state index contributed by atoms with van der Waals surface area (Å²) in [4.78, 5) is 30.5. The lowest BCUT2D eigenvalue weighted by Gasteiger charge is -2.06. The van der Waals surface area contributed by atoms with Crippen molar-refractivity contribution in [3.05, 3.63) is 138 Å². The fraction of sp³-hybridized carbons (Fsp3) is 0.107. The van der Waals surface area contributed by atoms with Gasteiger partial charge in [0.15, 0.2) is 0 Å². The van der Waals surface area contributed by atoms with E-state index in [4.69, 9.17) is 4.74 Å². The number of aromatic nitrogens is 2. The summed E-state index contributed by atoms with van der Waals surface area (Å²) in [5.74, 6) is 0.758. The zero-order valence-corrected chi connectivity index (χ0v) is 19.4. The van der Waals surface area contributed by atoms with Crippen LogP contribution in [0, 0.1) is 6.92 Å². The molecule has 0 N–H and O–H groups in total. The Bertz CT molecular complexity index is 1610. The molecule has 5 aromatic rings. The summed E-state index contributed by atoms with van der Waals surface area (Å²) in [6.07, 6.45) is 2.27. The summed E-state index contributed by atoms with van der Waals surface area (Å²) >= 11 is 1.23. The first-order valence-electron chi connectivity index (χ1n) is 11.0. The fourth-order valence-electron chi connectivity index (χ4n) is 3.84. The van der Waals surface area contributed by atoms with Gasteiger partial charge in [-0.15, -0.1) is 0 Å². The molecule has 0 aliphatic carbocycles. The molecule has 168 valence electrons. The number of benzene rings is 3. The van der Waals surface area contributed by atoms with Crippen molar-refractivity contribution < 1.29 is 4.74 Å². The van der Waals surface area contributed by atoms with Gasteiger partial charge in [0, 0.05) is 17.7 Å². The van der Waals surface area contributed by atoms with E-state index in [9.17, 15) is 9.59 Å². The molecule has 0 fully saturated rings. The Morgan fingerprint density at radius 2 is 1.53 bits per heavy atom. The van der Waals surface area contributed by atoms with Crippen LogP contribution in [0.25, 0.3) is 11.0 Å². The minimum Gasteiger partial charge on any atom is -0.489 e. The lowest BCUT2D eigenvalue weighted by molar-refractivity contribution is 0.306. The maximum Gasteiger partial charge on any atom is 0.277 e. The van der Waals surface area contributed by atoms with Gasteiger partial charge in [-0.2, -0.15) is 4.98 Å². The second-order valence-corrected chi connectivity index (χ2v) is 9.03. The molecule has 34 heavy (non-hydrogen) atoms. The van der Waals surface area contributed by atoms with Gasteiger partial charge in [0.1, 0.15) is 12.4 Å². The van der Waals surface area contributed by atoms with E-state index in [1.807, 2.05) is 97.9 Å². The average Bonchev–Trinajstić information content (AvgIpc) is 3.17. The smallest absolute Gasteiger partial charge is 0.277 e. The molecule has 3 aromatic carbocycles. The van der Waals surface area contributed by atoms with Gasteiger partial charge in [-0.05, 0) is 41.8 Å². The summed E-state index contributed by atoms with van der Waals surface area (Å²) in [6.45, 7) is 2.31. The number of aryl methyl sites for hydroxylation is 1. The van der Waals surface area contributed by atoms with E-state index in [2.05, 4.69) is 4.98 Å². The van der Waals surface area contributed by atoms with Crippen molar-refractivity contribution in [1.29, 1.82) is 0 Å². The third kappa shape index (κ3) is 4.54. The Balaban J connectivity index is 1.44. The van der Waals surface area contributed by atoms with Crippen molar-refractivity contribution in [2.24, 2.45) is 0 Å². The predicted octanol–water partition coefficient (Wildman–Crippen LogP) is 4.14. The standard InChI is InChI=1S/C28H22N2O3S/c1-19-24(16-20-8-4-2-5-9-20)26(31)29-28-30(19)27(32)25(34-28)17-21-12-14-23(15-13-21)33-18-22-10-6-3-7-11-22/h2-15,17H,16,18H2,1H3. The molecule has 0 atom stereocenters. The monoisotopic (exact) mass is 466 g/mol. The molecule has 5 rings (SSSR count). The third-order valence-electron chi connectivity index (χ3n) is 5.68. The van der Waals surface area contributed by atoms with Crippen LogP contribution in [-0.4, -0.2) is 9.38 Å². The van der Waals surface area contributed by atoms with Crippen LogP contribution in [0.4, 0.5) is 0 Å². The van der Waals surface area contributed by atoms with E-state index in [0.29, 0.717) is 33.8 Å². The summed E-state index contributed by atoms with van der Waals surface area (Å²) in [5.41, 5.74) is 3.73. The molecule has 2 aromatic heterocycles. The highest BCUT2D eigenvalue weighted by Crippen LogP contribution is 2.15. The summed E-state index contributed by atoms with van der Waals surface area (Å²) < 4.78 is 7.92. The number of fused-ring (bicyclic) bond motifs is 1. The van der Waals surface area contributed by atoms with E-state index in [-0.39, 0.29) is 11.1 Å². The molecule has 0 bridgehead atoms. The Labute approximate surface area is 200 Å². The lowest BCUT2D eigenvalue weighted by Crippen LogP contribution is -2.27. The van der Waals surface area contributed by atoms with Crippen LogP contribution in [0.2, 0.25) is 0 Å². The molecule has 5 nitrogen and oxygen atoms in total. The first-order chi connectivity index (χ1) is 16.6. The van der Waals surface area contributed by atoms with E-state index in [0.717, 1.165) is 22.4 Å². The number of hydrogen-bond donors (Lipinski definition) is 0. The number of thiazole rings is 1. The highest BCUT2D eigenvalue weighted by atomic mass is 32.1. The second-order valence-electron chi connectivity index (χ2n) is 8.02. The van der Waals surface area contributed by atoms with Gasteiger partial charge in [-0.3, -0.25) is 14.0 Å². The largest absolute Gasteiger partial charge is 0.489 e. The van der Waals surface area contributed by atoms with Crippen LogP contribution in [0.1, 0.15) is 27.9 Å². The van der Waals surface area contributed by atoms with Crippen molar-refractivity contribution in [2.45, 2.75) is 20.0 Å². The quantitative estimate of drug-likeness (QED) is 0.377. The zero-order valence-electron chi connectivity index (χ0n) is 18.6. The molecular weight excluding hydrogens is 444 g/mol. The molecule has 2 heterocycles. The molecule has 0 aliphatic heterocycles. The molecule has 6 heteroatoms. The lowest BCUT2D eigenvalue weighted by atomic mass is 10.1. The molecular formula is C28H22N2O3S. The van der Waals surface area contributed by atoms with Crippen LogP contribution in [0.3, 0.4) is 0 Å². The molecule has 0 saturated carbocycles. The number of rotatable bonds is 6. The van der Waals surface area contributed by atoms with Crippen LogP contribution in [0.5, 0.6) is 5.75 Å². The normalized spacial score (nSPS) is 11.7. The molecule has 0 amide bonds. The molecule has 0 radical (unpaired) electrons. The van der Waals surface area contributed by atoms with Crippen molar-refractivity contribution in [2.75, 3.05) is 0 Å². The van der Waals surface area contributed by atoms with Gasteiger partial charge in [0.25, 0.3) is 11.1 Å². The highest BCUT2D eigenvalue weighted by molar-refractivity contribution is 7.15. The maximum absolute atomic E-state index is 13.2.